The molecule has 2 rings (SSSR count). The number of halogens is 4. The van der Waals surface area contributed by atoms with Gasteiger partial charge in [-0.25, -0.2) is 0 Å². The molecule has 0 fully saturated rings. The minimum atomic E-state index is -4.30. The van der Waals surface area contributed by atoms with Gasteiger partial charge in [0.05, 0.1) is 11.9 Å². The zero-order chi connectivity index (χ0) is 14.4. The molecule has 0 atom stereocenters. The van der Waals surface area contributed by atoms with Gasteiger partial charge < -0.3 is 4.57 Å². The molecule has 0 aliphatic heterocycles. The van der Waals surface area contributed by atoms with Crippen LogP contribution >= 0.6 is 15.9 Å². The van der Waals surface area contributed by atoms with Crippen LogP contribution in [0, 0.1) is 0 Å². The quantitative estimate of drug-likeness (QED) is 0.753. The van der Waals surface area contributed by atoms with Gasteiger partial charge in [0, 0.05) is 28.7 Å². The summed E-state index contributed by atoms with van der Waals surface area (Å²) in [5.41, 5.74) is 1.04. The Labute approximate surface area is 116 Å². The van der Waals surface area contributed by atoms with E-state index in [1.807, 2.05) is 0 Å². The molecule has 0 N–H and O–H groups in total. The lowest BCUT2D eigenvalue weighted by atomic mass is 10.0. The lowest BCUT2D eigenvalue weighted by molar-refractivity contribution is -0.127. The number of nitrogens with zero attached hydrogens (tertiary/aromatic N) is 1. The van der Waals surface area contributed by atoms with Crippen molar-refractivity contribution in [3.05, 3.63) is 33.9 Å². The van der Waals surface area contributed by atoms with Gasteiger partial charge in [-0.1, -0.05) is 6.07 Å². The fourth-order valence-corrected chi connectivity index (χ4v) is 2.82. The number of benzene rings is 1. The van der Waals surface area contributed by atoms with E-state index in [1.165, 1.54) is 13.0 Å². The maximum Gasteiger partial charge on any atom is 0.393 e. The third-order valence-corrected chi connectivity index (χ3v) is 3.57. The molecule has 0 aliphatic rings. The second-order valence-electron chi connectivity index (χ2n) is 4.43. The molecule has 102 valence electrons. The lowest BCUT2D eigenvalue weighted by Gasteiger charge is -2.10. The van der Waals surface area contributed by atoms with Crippen LogP contribution in [0.5, 0.6) is 0 Å². The number of fused-ring (bicyclic) bond motifs is 1. The van der Waals surface area contributed by atoms with Crippen molar-refractivity contribution in [1.82, 2.24) is 4.57 Å². The average Bonchev–Trinajstić information content (AvgIpc) is 2.60. The predicted molar refractivity (Wildman–Crippen MR) is 70.4 cm³/mol. The SMILES string of the molecule is CC(=O)c1cn(C)c2c(Br)ccc(CC(F)(F)F)c12. The predicted octanol–water partition coefficient (Wildman–Crippen LogP) is 4.25. The molecule has 1 heterocycles. The Morgan fingerprint density at radius 2 is 2.00 bits per heavy atom. The van der Waals surface area contributed by atoms with E-state index in [4.69, 9.17) is 0 Å². The Morgan fingerprint density at radius 1 is 1.37 bits per heavy atom. The number of ketones is 1. The van der Waals surface area contributed by atoms with Crippen LogP contribution in [0.15, 0.2) is 22.8 Å². The molecule has 0 amide bonds. The summed E-state index contributed by atoms with van der Waals surface area (Å²) < 4.78 is 40.2. The van der Waals surface area contributed by atoms with Gasteiger partial charge in [-0.3, -0.25) is 4.79 Å². The molecule has 0 radical (unpaired) electrons. The van der Waals surface area contributed by atoms with E-state index >= 15 is 0 Å². The summed E-state index contributed by atoms with van der Waals surface area (Å²) in [6, 6.07) is 2.99. The van der Waals surface area contributed by atoms with Crippen LogP contribution in [0.1, 0.15) is 22.8 Å². The van der Waals surface area contributed by atoms with E-state index in [2.05, 4.69) is 15.9 Å². The van der Waals surface area contributed by atoms with Crippen molar-refractivity contribution in [1.29, 1.82) is 0 Å². The standard InChI is InChI=1S/C13H11BrF3NO/c1-7(19)9-6-18(2)12-10(14)4-3-8(11(9)12)5-13(15,16)17/h3-4,6H,5H2,1-2H3. The van der Waals surface area contributed by atoms with Crippen molar-refractivity contribution in [2.24, 2.45) is 7.05 Å². The highest BCUT2D eigenvalue weighted by molar-refractivity contribution is 9.10. The molecular formula is C13H11BrF3NO. The van der Waals surface area contributed by atoms with Crippen LogP contribution in [-0.4, -0.2) is 16.5 Å². The number of aryl methyl sites for hydroxylation is 1. The number of Topliss-reactive ketones (excluding diaryl/α,β-unsaturated/α-hetero) is 1. The molecule has 0 spiro atoms. The average molecular weight is 334 g/mol. The molecule has 0 unspecified atom stereocenters. The molecule has 0 bridgehead atoms. The first-order valence-corrected chi connectivity index (χ1v) is 6.34. The molecule has 6 heteroatoms. The molecule has 0 saturated carbocycles. The first-order chi connectivity index (χ1) is 8.70. The number of rotatable bonds is 2. The van der Waals surface area contributed by atoms with Crippen molar-refractivity contribution >= 4 is 32.6 Å². The van der Waals surface area contributed by atoms with Crippen LogP contribution < -0.4 is 0 Å². The topological polar surface area (TPSA) is 22.0 Å². The highest BCUT2D eigenvalue weighted by Crippen LogP contribution is 2.34. The molecule has 0 saturated heterocycles. The van der Waals surface area contributed by atoms with Crippen molar-refractivity contribution in [2.45, 2.75) is 19.5 Å². The second kappa shape index (κ2) is 4.67. The van der Waals surface area contributed by atoms with E-state index in [0.717, 1.165) is 0 Å². The van der Waals surface area contributed by atoms with Gasteiger partial charge in [-0.2, -0.15) is 13.2 Å². The first-order valence-electron chi connectivity index (χ1n) is 5.55. The molecule has 1 aromatic carbocycles. The Bertz CT molecular complexity index is 658. The van der Waals surface area contributed by atoms with E-state index in [1.54, 1.807) is 23.9 Å². The van der Waals surface area contributed by atoms with E-state index in [0.29, 0.717) is 20.9 Å². The number of aromatic nitrogens is 1. The van der Waals surface area contributed by atoms with Crippen molar-refractivity contribution in [3.63, 3.8) is 0 Å². The van der Waals surface area contributed by atoms with Crippen LogP contribution in [0.3, 0.4) is 0 Å². The zero-order valence-electron chi connectivity index (χ0n) is 10.3. The minimum Gasteiger partial charge on any atom is -0.349 e. The van der Waals surface area contributed by atoms with Crippen LogP contribution in [0.25, 0.3) is 10.9 Å². The van der Waals surface area contributed by atoms with Gasteiger partial charge in [-0.05, 0) is 34.5 Å². The largest absolute Gasteiger partial charge is 0.393 e. The van der Waals surface area contributed by atoms with Crippen LogP contribution in [0.2, 0.25) is 0 Å². The second-order valence-corrected chi connectivity index (χ2v) is 5.29. The lowest BCUT2D eigenvalue weighted by Crippen LogP contribution is -2.12. The maximum atomic E-state index is 12.6. The van der Waals surface area contributed by atoms with Gasteiger partial charge in [-0.15, -0.1) is 0 Å². The van der Waals surface area contributed by atoms with Gasteiger partial charge >= 0.3 is 6.18 Å². The Kier molecular flexibility index (Phi) is 3.47. The smallest absolute Gasteiger partial charge is 0.349 e. The molecule has 19 heavy (non-hydrogen) atoms. The zero-order valence-corrected chi connectivity index (χ0v) is 11.9. The summed E-state index contributed by atoms with van der Waals surface area (Å²) in [6.07, 6.45) is -3.77. The Morgan fingerprint density at radius 3 is 2.53 bits per heavy atom. The number of carbonyl (C=O) groups excluding carboxylic acids is 1. The monoisotopic (exact) mass is 333 g/mol. The highest BCUT2D eigenvalue weighted by Gasteiger charge is 2.30. The summed E-state index contributed by atoms with van der Waals surface area (Å²) in [6.45, 7) is 1.35. The van der Waals surface area contributed by atoms with Gasteiger partial charge in [0.2, 0.25) is 0 Å². The molecule has 0 aliphatic carbocycles. The Balaban J connectivity index is 2.78. The van der Waals surface area contributed by atoms with Crippen LogP contribution in [-0.2, 0) is 13.5 Å². The summed E-state index contributed by atoms with van der Waals surface area (Å²) in [5, 5.41) is 0.377. The van der Waals surface area contributed by atoms with Crippen molar-refractivity contribution in [2.75, 3.05) is 0 Å². The summed E-state index contributed by atoms with van der Waals surface area (Å²) in [4.78, 5) is 11.6. The number of hydrogen-bond donors (Lipinski definition) is 0. The molecule has 1 aromatic heterocycles. The summed E-state index contributed by atoms with van der Waals surface area (Å²) in [7, 11) is 1.71. The van der Waals surface area contributed by atoms with Gasteiger partial charge in [0.1, 0.15) is 0 Å². The first kappa shape index (κ1) is 14.1. The molecular weight excluding hydrogens is 323 g/mol. The fraction of sp³-hybridized carbons (Fsp3) is 0.308. The minimum absolute atomic E-state index is 0.122. The van der Waals surface area contributed by atoms with Gasteiger partial charge in [0.25, 0.3) is 0 Å². The van der Waals surface area contributed by atoms with E-state index in [9.17, 15) is 18.0 Å². The number of alkyl halides is 3. The van der Waals surface area contributed by atoms with E-state index in [-0.39, 0.29) is 11.3 Å². The normalized spacial score (nSPS) is 12.1. The van der Waals surface area contributed by atoms with Crippen molar-refractivity contribution < 1.29 is 18.0 Å². The summed E-state index contributed by atoms with van der Waals surface area (Å²) >= 11 is 3.31. The van der Waals surface area contributed by atoms with Crippen molar-refractivity contribution in [3.8, 4) is 0 Å². The molecule has 2 aromatic rings. The van der Waals surface area contributed by atoms with Crippen LogP contribution in [0.4, 0.5) is 13.2 Å². The Hall–Kier alpha value is -1.30. The third-order valence-electron chi connectivity index (χ3n) is 2.93. The third kappa shape index (κ3) is 2.68. The fourth-order valence-electron chi connectivity index (χ4n) is 2.21. The summed E-state index contributed by atoms with van der Waals surface area (Å²) in [5.74, 6) is -0.243. The van der Waals surface area contributed by atoms with E-state index < -0.39 is 12.6 Å². The number of hydrogen-bond acceptors (Lipinski definition) is 1. The molecule has 2 nitrogen and oxygen atoms in total. The maximum absolute atomic E-state index is 12.6. The highest BCUT2D eigenvalue weighted by atomic mass is 79.9. The number of carbonyl (C=O) groups is 1. The van der Waals surface area contributed by atoms with Gasteiger partial charge in [0.15, 0.2) is 5.78 Å².